The van der Waals surface area contributed by atoms with Crippen molar-refractivity contribution in [2.75, 3.05) is 26.3 Å². The Balaban J connectivity index is 1.44. The maximum Gasteiger partial charge on any atom is 0.265 e. The van der Waals surface area contributed by atoms with Gasteiger partial charge >= 0.3 is 0 Å². The van der Waals surface area contributed by atoms with Gasteiger partial charge in [0.05, 0.1) is 28.1 Å². The largest absolute Gasteiger partial charge is 0.350 e. The monoisotopic (exact) mass is 398 g/mol. The normalized spacial score (nSPS) is 19.7. The van der Waals surface area contributed by atoms with Gasteiger partial charge in [-0.1, -0.05) is 11.6 Å². The predicted octanol–water partition coefficient (Wildman–Crippen LogP) is 4.06. The third kappa shape index (κ3) is 3.61. The molecule has 0 N–H and O–H groups in total. The second kappa shape index (κ2) is 7.32. The van der Waals surface area contributed by atoms with Crippen molar-refractivity contribution in [2.24, 2.45) is 5.92 Å². The molecular formula is C17H19ClN2O3S2. The number of aryl methyl sites for hydroxylation is 1. The lowest BCUT2D eigenvalue weighted by atomic mass is 9.96. The number of likely N-dealkylation sites (tertiary alicyclic amines) is 1. The fraction of sp³-hybridized carbons (Fsp3) is 0.529. The smallest absolute Gasteiger partial charge is 0.265 e. The fourth-order valence-electron chi connectivity index (χ4n) is 3.30. The summed E-state index contributed by atoms with van der Waals surface area (Å²) in [7, 11) is 0. The Kier molecular flexibility index (Phi) is 5.11. The number of hydrogen-bond acceptors (Lipinski definition) is 6. The molecule has 1 amide bonds. The number of thiazole rings is 1. The molecule has 5 nitrogen and oxygen atoms in total. The molecule has 2 aromatic rings. The van der Waals surface area contributed by atoms with Crippen molar-refractivity contribution in [3.63, 3.8) is 0 Å². The number of carbonyl (C=O) groups is 1. The molecule has 0 unspecified atom stereocenters. The molecule has 0 radical (unpaired) electrons. The Labute approximate surface area is 159 Å². The summed E-state index contributed by atoms with van der Waals surface area (Å²) < 4.78 is 11.9. The van der Waals surface area contributed by atoms with E-state index in [9.17, 15) is 4.79 Å². The summed E-state index contributed by atoms with van der Waals surface area (Å²) in [5.74, 6) is 0.466. The molecule has 0 saturated carbocycles. The number of rotatable bonds is 3. The lowest BCUT2D eigenvalue weighted by molar-refractivity contribution is -0.0956. The number of halogens is 1. The number of ether oxygens (including phenoxy) is 2. The molecule has 2 aliphatic heterocycles. The van der Waals surface area contributed by atoms with E-state index in [1.807, 2.05) is 24.0 Å². The van der Waals surface area contributed by atoms with Crippen LogP contribution in [0.15, 0.2) is 12.1 Å². The number of nitrogens with zero attached hydrogens (tertiary/aromatic N) is 2. The molecule has 0 spiro atoms. The molecule has 25 heavy (non-hydrogen) atoms. The first-order valence-electron chi connectivity index (χ1n) is 8.37. The third-order valence-electron chi connectivity index (χ3n) is 4.63. The van der Waals surface area contributed by atoms with Crippen molar-refractivity contribution in [1.29, 1.82) is 0 Å². The lowest BCUT2D eigenvalue weighted by Gasteiger charge is -2.33. The topological polar surface area (TPSA) is 51.7 Å². The van der Waals surface area contributed by atoms with Crippen LogP contribution in [-0.4, -0.2) is 48.4 Å². The van der Waals surface area contributed by atoms with Crippen LogP contribution in [-0.2, 0) is 9.47 Å². The maximum atomic E-state index is 12.9. The Morgan fingerprint density at radius 2 is 1.96 bits per heavy atom. The molecule has 2 fully saturated rings. The van der Waals surface area contributed by atoms with Crippen molar-refractivity contribution in [3.05, 3.63) is 27.0 Å². The number of hydrogen-bond donors (Lipinski definition) is 0. The highest BCUT2D eigenvalue weighted by atomic mass is 35.5. The maximum absolute atomic E-state index is 12.9. The van der Waals surface area contributed by atoms with Gasteiger partial charge in [0.2, 0.25) is 0 Å². The minimum Gasteiger partial charge on any atom is -0.350 e. The molecule has 2 aliphatic rings. The van der Waals surface area contributed by atoms with Gasteiger partial charge in [0.25, 0.3) is 5.91 Å². The van der Waals surface area contributed by atoms with Crippen LogP contribution >= 0.6 is 34.3 Å². The molecule has 134 valence electrons. The van der Waals surface area contributed by atoms with Crippen molar-refractivity contribution < 1.29 is 14.3 Å². The summed E-state index contributed by atoms with van der Waals surface area (Å²) in [5.41, 5.74) is 0.791. The molecule has 8 heteroatoms. The molecule has 0 aromatic carbocycles. The Bertz CT molecular complexity index is 762. The summed E-state index contributed by atoms with van der Waals surface area (Å²) >= 11 is 8.95. The average Bonchev–Trinajstić information content (AvgIpc) is 3.35. The van der Waals surface area contributed by atoms with Gasteiger partial charge in [0.15, 0.2) is 6.29 Å². The summed E-state index contributed by atoms with van der Waals surface area (Å²) in [5, 5.41) is 0.861. The first kappa shape index (κ1) is 17.4. The molecule has 0 bridgehead atoms. The van der Waals surface area contributed by atoms with Crippen molar-refractivity contribution in [1.82, 2.24) is 9.88 Å². The Morgan fingerprint density at radius 3 is 2.60 bits per heavy atom. The van der Waals surface area contributed by atoms with Gasteiger partial charge in [0, 0.05) is 19.0 Å². The van der Waals surface area contributed by atoms with E-state index in [0.29, 0.717) is 19.1 Å². The van der Waals surface area contributed by atoms with Gasteiger partial charge in [0.1, 0.15) is 9.88 Å². The first-order valence-corrected chi connectivity index (χ1v) is 10.4. The minimum absolute atomic E-state index is 0.0793. The number of aromatic nitrogens is 1. The molecule has 0 atom stereocenters. The zero-order valence-corrected chi connectivity index (χ0v) is 16.3. The summed E-state index contributed by atoms with van der Waals surface area (Å²) in [6.45, 7) is 4.74. The highest BCUT2D eigenvalue weighted by Crippen LogP contribution is 2.36. The SMILES string of the molecule is Cc1nc(-c2ccc(Cl)s2)sc1C(=O)N1CCC(C2OCCO2)CC1. The van der Waals surface area contributed by atoms with Crippen molar-refractivity contribution in [2.45, 2.75) is 26.1 Å². The first-order chi connectivity index (χ1) is 12.1. The van der Waals surface area contributed by atoms with E-state index in [4.69, 9.17) is 21.1 Å². The number of thiophene rings is 1. The molecule has 0 aliphatic carbocycles. The highest BCUT2D eigenvalue weighted by molar-refractivity contribution is 7.24. The summed E-state index contributed by atoms with van der Waals surface area (Å²) in [6, 6.07) is 3.81. The van der Waals surface area contributed by atoms with E-state index in [1.165, 1.54) is 22.7 Å². The molecule has 2 saturated heterocycles. The average molecular weight is 399 g/mol. The molecule has 4 heterocycles. The van der Waals surface area contributed by atoms with Crippen molar-refractivity contribution in [3.8, 4) is 9.88 Å². The molecule has 4 rings (SSSR count). The number of amides is 1. The van der Waals surface area contributed by atoms with Crippen LogP contribution in [0.5, 0.6) is 0 Å². The van der Waals surface area contributed by atoms with Crippen LogP contribution in [0.4, 0.5) is 0 Å². The second-order valence-corrected chi connectivity index (χ2v) is 8.99. The van der Waals surface area contributed by atoms with Gasteiger partial charge in [-0.3, -0.25) is 4.79 Å². The highest BCUT2D eigenvalue weighted by Gasteiger charge is 2.33. The predicted molar refractivity (Wildman–Crippen MR) is 99.5 cm³/mol. The van der Waals surface area contributed by atoms with Crippen LogP contribution in [0.3, 0.4) is 0 Å². The fourth-order valence-corrected chi connectivity index (χ4v) is 5.43. The van der Waals surface area contributed by atoms with E-state index >= 15 is 0 Å². The van der Waals surface area contributed by atoms with Crippen LogP contribution in [0.2, 0.25) is 4.34 Å². The zero-order chi connectivity index (χ0) is 17.4. The van der Waals surface area contributed by atoms with Crippen LogP contribution in [0.1, 0.15) is 28.2 Å². The zero-order valence-electron chi connectivity index (χ0n) is 13.9. The molecule has 2 aromatic heterocycles. The quantitative estimate of drug-likeness (QED) is 0.782. The standard InChI is InChI=1S/C17H19ClN2O3S2/c1-10-14(25-15(19-10)12-2-3-13(18)24-12)16(21)20-6-4-11(5-7-20)17-22-8-9-23-17/h2-3,11,17H,4-9H2,1H3. The van der Waals surface area contributed by atoms with Gasteiger partial charge in [-0.2, -0.15) is 0 Å². The molecular weight excluding hydrogens is 380 g/mol. The minimum atomic E-state index is -0.0856. The third-order valence-corrected chi connectivity index (χ3v) is 7.18. The lowest BCUT2D eigenvalue weighted by Crippen LogP contribution is -2.41. The van der Waals surface area contributed by atoms with Crippen LogP contribution in [0.25, 0.3) is 9.88 Å². The number of carbonyl (C=O) groups excluding carboxylic acids is 1. The number of piperidine rings is 1. The van der Waals surface area contributed by atoms with Crippen molar-refractivity contribution >= 4 is 40.2 Å². The Hall–Kier alpha value is -0.990. The second-order valence-electron chi connectivity index (χ2n) is 6.28. The van der Waals surface area contributed by atoms with Crippen LogP contribution in [0, 0.1) is 12.8 Å². The van der Waals surface area contributed by atoms with Gasteiger partial charge in [-0.05, 0) is 31.9 Å². The van der Waals surface area contributed by atoms with Gasteiger partial charge < -0.3 is 14.4 Å². The summed E-state index contributed by atoms with van der Waals surface area (Å²) in [6.07, 6.45) is 1.75. The Morgan fingerprint density at radius 1 is 1.24 bits per heavy atom. The van der Waals surface area contributed by atoms with E-state index in [2.05, 4.69) is 4.98 Å². The van der Waals surface area contributed by atoms with E-state index < -0.39 is 0 Å². The van der Waals surface area contributed by atoms with E-state index in [-0.39, 0.29) is 12.2 Å². The van der Waals surface area contributed by atoms with Crippen LogP contribution < -0.4 is 0 Å². The summed E-state index contributed by atoms with van der Waals surface area (Å²) in [4.78, 5) is 21.1. The van der Waals surface area contributed by atoms with E-state index in [0.717, 1.165) is 50.7 Å². The van der Waals surface area contributed by atoms with Gasteiger partial charge in [-0.15, -0.1) is 22.7 Å². The van der Waals surface area contributed by atoms with E-state index in [1.54, 1.807) is 0 Å². The van der Waals surface area contributed by atoms with Gasteiger partial charge in [-0.25, -0.2) is 4.98 Å².